The van der Waals surface area contributed by atoms with E-state index in [1.54, 1.807) is 76.3 Å². The Morgan fingerprint density at radius 2 is 1.12 bits per heavy atom. The van der Waals surface area contributed by atoms with E-state index < -0.39 is 19.9 Å². The second-order valence-corrected chi connectivity index (χ2v) is 17.9. The van der Waals surface area contributed by atoms with Crippen LogP contribution in [0.3, 0.4) is 0 Å². The van der Waals surface area contributed by atoms with Gasteiger partial charge in [-0.15, -0.1) is 6.58 Å². The van der Waals surface area contributed by atoms with Crippen molar-refractivity contribution >= 4 is 105 Å². The maximum absolute atomic E-state index is 10.6. The lowest BCUT2D eigenvalue weighted by Crippen LogP contribution is -2.39. The molecule has 0 saturated carbocycles. The Bertz CT molecular complexity index is 2160. The highest BCUT2D eigenvalue weighted by Crippen LogP contribution is 2.13. The van der Waals surface area contributed by atoms with Gasteiger partial charge in [0.2, 0.25) is 7.85 Å². The number of nitrogens with zero attached hydrogens (tertiary/aromatic N) is 10. The molecule has 0 spiro atoms. The van der Waals surface area contributed by atoms with Crippen LogP contribution in [0.2, 0.25) is 13.6 Å². The van der Waals surface area contributed by atoms with Crippen molar-refractivity contribution < 1.29 is 31.5 Å². The number of H-pyrrole nitrogens is 1. The van der Waals surface area contributed by atoms with E-state index in [0.717, 1.165) is 82.1 Å². The Labute approximate surface area is 460 Å². The van der Waals surface area contributed by atoms with Crippen LogP contribution in [0.4, 0.5) is 4.79 Å². The summed E-state index contributed by atoms with van der Waals surface area (Å²) in [6.45, 7) is 15.2. The minimum Gasteiger partial charge on any atom is -0.437 e. The van der Waals surface area contributed by atoms with E-state index >= 15 is 0 Å². The van der Waals surface area contributed by atoms with Crippen molar-refractivity contribution in [3.63, 3.8) is 0 Å². The lowest BCUT2D eigenvalue weighted by Gasteiger charge is -2.24. The summed E-state index contributed by atoms with van der Waals surface area (Å²) in [6, 6.07) is 1.95. The van der Waals surface area contributed by atoms with Gasteiger partial charge in [-0.3, -0.25) is 4.79 Å². The Balaban J connectivity index is 0.000000938. The monoisotopic (exact) mass is 1170 g/mol. The van der Waals surface area contributed by atoms with Crippen LogP contribution in [0.5, 0.6) is 18.0 Å². The summed E-state index contributed by atoms with van der Waals surface area (Å²) in [6.07, 6.45) is 30.7. The molecule has 392 valence electrons. The molecule has 4 rings (SSSR count). The lowest BCUT2D eigenvalue weighted by atomic mass is 9.83. The molecule has 0 bridgehead atoms. The van der Waals surface area contributed by atoms with Crippen LogP contribution < -0.4 is 23.6 Å². The number of carbonyl (C=O) groups is 1. The molecule has 2 radical (unpaired) electrons. The van der Waals surface area contributed by atoms with E-state index in [4.69, 9.17) is 24.5 Å². The van der Waals surface area contributed by atoms with Gasteiger partial charge in [0.1, 0.15) is 0 Å². The number of nitrogens with one attached hydrogen (secondary N) is 2. The van der Waals surface area contributed by atoms with Crippen molar-refractivity contribution in [2.45, 2.75) is 91.2 Å². The van der Waals surface area contributed by atoms with Crippen molar-refractivity contribution in [1.29, 1.82) is 0 Å². The normalized spacial score (nSPS) is 13.0. The maximum Gasteiger partial charge on any atom is 0.376 e. The number of carbonyl (C=O) groups excluding carboxylic acids is 1. The van der Waals surface area contributed by atoms with Gasteiger partial charge in [-0.2, -0.15) is 0 Å². The first-order chi connectivity index (χ1) is 35.7. The van der Waals surface area contributed by atoms with Crippen molar-refractivity contribution in [2.24, 2.45) is 0 Å². The van der Waals surface area contributed by atoms with E-state index in [0.29, 0.717) is 12.1 Å². The molecule has 4 N–H and O–H groups in total. The third-order valence-corrected chi connectivity index (χ3v) is 11.3. The molecule has 0 aliphatic rings. The number of halogens is 1. The van der Waals surface area contributed by atoms with Crippen molar-refractivity contribution in [3.05, 3.63) is 111 Å². The fraction of sp³-hybridized carbons (Fsp3) is 0.457. The molecular weight excluding hydrogens is 1090 g/mol. The Kier molecular flexibility index (Phi) is 35.4. The van der Waals surface area contributed by atoms with Gasteiger partial charge in [-0.1, -0.05) is 56.4 Å². The fourth-order valence-electron chi connectivity index (χ4n) is 4.87. The van der Waals surface area contributed by atoms with E-state index in [1.807, 2.05) is 68.1 Å². The maximum atomic E-state index is 10.6. The summed E-state index contributed by atoms with van der Waals surface area (Å²) >= 11 is 5.09. The Hall–Kier alpha value is -4.28. The highest BCUT2D eigenvalue weighted by Gasteiger charge is 2.17. The highest BCUT2D eigenvalue weighted by atomic mass is 127. The molecule has 4 atom stereocenters. The van der Waals surface area contributed by atoms with E-state index in [1.165, 1.54) is 4.90 Å². The van der Waals surface area contributed by atoms with Crippen LogP contribution in [-0.4, -0.2) is 163 Å². The van der Waals surface area contributed by atoms with Crippen LogP contribution in [0, 0.1) is 3.57 Å². The summed E-state index contributed by atoms with van der Waals surface area (Å²) in [5.74, 6) is -0.394. The molecule has 0 unspecified atom stereocenters. The minimum absolute atomic E-state index is 0.111. The van der Waals surface area contributed by atoms with Gasteiger partial charge in [0.15, 0.2) is 5.81 Å². The van der Waals surface area contributed by atoms with Crippen LogP contribution in [0.1, 0.15) is 74.2 Å². The highest BCUT2D eigenvalue weighted by molar-refractivity contribution is 14.1. The fourth-order valence-corrected chi connectivity index (χ4v) is 5.72. The molecule has 0 aliphatic heterocycles. The smallest absolute Gasteiger partial charge is 0.376 e. The van der Waals surface area contributed by atoms with Gasteiger partial charge in [0.05, 0.1) is 36.1 Å². The first-order valence-corrected chi connectivity index (χ1v) is 26.1. The first kappa shape index (κ1) is 62.0. The molecule has 0 aliphatic carbocycles. The summed E-state index contributed by atoms with van der Waals surface area (Å²) in [5, 5.41) is 22.1. The molecule has 0 saturated heterocycles. The first-order valence-electron chi connectivity index (χ1n) is 24.4. The Morgan fingerprint density at radius 3 is 1.47 bits per heavy atom. The molecule has 19 nitrogen and oxygen atoms in total. The second kappa shape index (κ2) is 41.1. The number of hydrogen-bond donors (Lipinski definition) is 4. The zero-order valence-corrected chi connectivity index (χ0v) is 47.5. The van der Waals surface area contributed by atoms with Crippen LogP contribution in [0.15, 0.2) is 85.3 Å². The standard InChI is InChI=1S/2C12H20BN3O2S.C10H15N3O.C7H12BNO.C5H5IN2OS/c2*1-10(16(3)13(2)17)6-5-7-11-8-14-12(15-9-11)18-19-4;1-8(11-2)4-3-5-9-6-12-10(14)13-7-9;1-4-5-6(2)9(3)7(8)10;1-10-9-5-7-2-4(6)3-8-5/h2*5,7-10,17H,6H2,1-4H3;3,5-8,11H,4H2,1-2H3,(H,12,13,14);4,6H,1,5H2,2-3H3;2-3H,1H3/b2*7-5+;5-3+;;/t2*10-;8-;6-;/m0000./s1/i2*4T;;;1T. The molecule has 0 fully saturated rings. The summed E-state index contributed by atoms with van der Waals surface area (Å²) in [4.78, 5) is 56.5. The minimum atomic E-state index is -0.451. The molecule has 4 aromatic rings. The number of hydrogen-bond acceptors (Lipinski definition) is 20. The number of rotatable bonds is 23. The third-order valence-electron chi connectivity index (χ3n) is 9.94. The average molecular weight is 1170 g/mol. The summed E-state index contributed by atoms with van der Waals surface area (Å²) in [7, 11) is 11.5. The van der Waals surface area contributed by atoms with E-state index in [9.17, 15) is 19.6 Å². The quantitative estimate of drug-likeness (QED) is 0.0242. The SMILES string of the molecule is CN[C@@H](C)C/C=C/c1cnc(=O)[nH]c1.[3H]CSOc1ncc(/C=C/C[C@H](C)N(C)B(C)O)cn1.[3H]CSOc1ncc(/C=C/C[C@H](C)N(C)B(C)O)cn1.[3H]CSOc1ncc(I)cn1.[B]C(=O)N(C)[C@@H](C)CC=C. The van der Waals surface area contributed by atoms with Crippen LogP contribution in [-0.2, 0) is 0 Å². The largest absolute Gasteiger partial charge is 0.437 e. The number of aromatic nitrogens is 8. The molecule has 4 aromatic heterocycles. The van der Waals surface area contributed by atoms with Crippen LogP contribution in [0.25, 0.3) is 18.2 Å². The average Bonchev–Trinajstić information content (AvgIpc) is 3.40. The molecule has 26 heteroatoms. The van der Waals surface area contributed by atoms with Gasteiger partial charge in [-0.25, -0.2) is 39.7 Å². The molecular formula is C46H72B3IN12O7S3. The van der Waals surface area contributed by atoms with E-state index in [-0.39, 0.29) is 54.5 Å². The molecule has 4 heterocycles. The van der Waals surface area contributed by atoms with Gasteiger partial charge >= 0.3 is 37.8 Å². The zero-order valence-electron chi connectivity index (χ0n) is 45.9. The second-order valence-electron chi connectivity index (χ2n) is 15.5. The molecule has 72 heavy (non-hydrogen) atoms. The summed E-state index contributed by atoms with van der Waals surface area (Å²) in [5.41, 5.74) is 2.37. The van der Waals surface area contributed by atoms with Gasteiger partial charge in [0.25, 0.3) is 0 Å². The van der Waals surface area contributed by atoms with Crippen molar-refractivity contribution in [3.8, 4) is 18.0 Å². The predicted molar refractivity (Wildman–Crippen MR) is 311 cm³/mol. The van der Waals surface area contributed by atoms with Gasteiger partial charge < -0.3 is 47.4 Å². The van der Waals surface area contributed by atoms with Crippen LogP contribution >= 0.6 is 58.7 Å². The molecule has 1 amide bonds. The van der Waals surface area contributed by atoms with E-state index in [2.05, 4.69) is 101 Å². The topological polar surface area (TPSA) is 230 Å². The zero-order chi connectivity index (χ0) is 56.6. The van der Waals surface area contributed by atoms with Gasteiger partial charge in [-0.05, 0) is 96.9 Å². The third kappa shape index (κ3) is 32.7. The summed E-state index contributed by atoms with van der Waals surface area (Å²) < 4.78 is 36.6. The van der Waals surface area contributed by atoms with Gasteiger partial charge in [0, 0.05) is 124 Å². The molecule has 0 aromatic carbocycles. The number of aromatic amines is 1. The Morgan fingerprint density at radius 1 is 0.736 bits per heavy atom. The van der Waals surface area contributed by atoms with Crippen molar-refractivity contribution in [2.75, 3.05) is 46.9 Å². The number of amides is 1. The predicted octanol–water partition coefficient (Wildman–Crippen LogP) is 7.63. The lowest BCUT2D eigenvalue weighted by molar-refractivity contribution is 0.218. The van der Waals surface area contributed by atoms with Crippen molar-refractivity contribution in [1.82, 2.24) is 59.7 Å².